The van der Waals surface area contributed by atoms with Crippen LogP contribution in [-0.4, -0.2) is 56.0 Å². The fourth-order valence-corrected chi connectivity index (χ4v) is 5.87. The number of nitrogens with one attached hydrogen (secondary N) is 4. The highest BCUT2D eigenvalue weighted by molar-refractivity contribution is 5.93. The molecule has 1 saturated heterocycles. The molecule has 1 aliphatic rings. The summed E-state index contributed by atoms with van der Waals surface area (Å²) in [7, 11) is 0. The summed E-state index contributed by atoms with van der Waals surface area (Å²) in [5.41, 5.74) is 7.51. The van der Waals surface area contributed by atoms with Crippen LogP contribution in [0.25, 0.3) is 21.5 Å². The Morgan fingerprint density at radius 3 is 1.82 bits per heavy atom. The van der Waals surface area contributed by atoms with E-state index in [1.54, 1.807) is 0 Å². The molecule has 4 aromatic rings. The first-order chi connectivity index (χ1) is 21.5. The van der Waals surface area contributed by atoms with E-state index in [0.29, 0.717) is 25.9 Å². The molecular formula is C36H43N5O3. The number of amides is 3. The zero-order valence-electron chi connectivity index (χ0n) is 25.2. The second-order valence-electron chi connectivity index (χ2n) is 11.7. The predicted molar refractivity (Wildman–Crippen MR) is 176 cm³/mol. The van der Waals surface area contributed by atoms with E-state index >= 15 is 0 Å². The topological polar surface area (TPSA) is 125 Å². The van der Waals surface area contributed by atoms with Crippen molar-refractivity contribution >= 4 is 39.3 Å². The van der Waals surface area contributed by atoms with Crippen LogP contribution in [-0.2, 0) is 27.2 Å². The predicted octanol–water partition coefficient (Wildman–Crippen LogP) is 3.60. The second-order valence-corrected chi connectivity index (χ2v) is 11.7. The van der Waals surface area contributed by atoms with Crippen LogP contribution in [0.5, 0.6) is 0 Å². The molecule has 44 heavy (non-hydrogen) atoms. The molecule has 3 amide bonds. The van der Waals surface area contributed by atoms with Crippen LogP contribution in [0.1, 0.15) is 36.8 Å². The molecule has 5 rings (SSSR count). The fraction of sp³-hybridized carbons (Fsp3) is 0.361. The largest absolute Gasteiger partial charge is 0.354 e. The average Bonchev–Trinajstić information content (AvgIpc) is 3.06. The maximum absolute atomic E-state index is 14.0. The Bertz CT molecular complexity index is 1580. The average molecular weight is 594 g/mol. The van der Waals surface area contributed by atoms with Gasteiger partial charge in [0.25, 0.3) is 0 Å². The molecule has 2 atom stereocenters. The maximum Gasteiger partial charge on any atom is 0.243 e. The molecule has 0 unspecified atom stereocenters. The van der Waals surface area contributed by atoms with E-state index in [1.165, 1.54) is 0 Å². The molecular weight excluding hydrogens is 550 g/mol. The van der Waals surface area contributed by atoms with Crippen LogP contribution in [0.15, 0.2) is 84.9 Å². The minimum Gasteiger partial charge on any atom is -0.354 e. The summed E-state index contributed by atoms with van der Waals surface area (Å²) in [6, 6.07) is 26.7. The molecule has 0 saturated carbocycles. The molecule has 0 bridgehead atoms. The summed E-state index contributed by atoms with van der Waals surface area (Å²) in [6.45, 7) is 2.59. The molecule has 0 radical (unpaired) electrons. The van der Waals surface area contributed by atoms with Gasteiger partial charge in [-0.05, 0) is 78.0 Å². The molecule has 230 valence electrons. The van der Waals surface area contributed by atoms with Crippen LogP contribution in [0.3, 0.4) is 0 Å². The van der Waals surface area contributed by atoms with Gasteiger partial charge in [0.05, 0.1) is 0 Å². The van der Waals surface area contributed by atoms with E-state index in [-0.39, 0.29) is 23.6 Å². The third-order valence-electron chi connectivity index (χ3n) is 8.41. The van der Waals surface area contributed by atoms with Gasteiger partial charge in [-0.25, -0.2) is 0 Å². The molecule has 1 heterocycles. The van der Waals surface area contributed by atoms with Gasteiger partial charge in [0.1, 0.15) is 12.1 Å². The Hall–Kier alpha value is -4.27. The second kappa shape index (κ2) is 15.5. The smallest absolute Gasteiger partial charge is 0.243 e. The van der Waals surface area contributed by atoms with E-state index in [9.17, 15) is 14.4 Å². The van der Waals surface area contributed by atoms with Crippen molar-refractivity contribution in [3.05, 3.63) is 96.1 Å². The van der Waals surface area contributed by atoms with E-state index in [0.717, 1.165) is 71.4 Å². The van der Waals surface area contributed by atoms with Crippen LogP contribution >= 0.6 is 0 Å². The standard InChI is InChI=1S/C36H43N5O3/c37-17-5-6-18-39-35(43)32(23-25-11-13-27-7-1-3-9-30(27)21-25)41-36(44)33(40-34(42)29-15-19-38-20-16-29)24-26-12-14-28-8-2-4-10-31(28)22-26/h1-4,7-14,21-22,29,32-33,38H,5-6,15-20,23-24,37H2,(H,39,43)(H,40,42)(H,41,44)/t32-,33-/m1/s1. The molecule has 0 aliphatic carbocycles. The van der Waals surface area contributed by atoms with Crippen LogP contribution in [0.2, 0.25) is 0 Å². The van der Waals surface area contributed by atoms with Gasteiger partial charge in [0.15, 0.2) is 0 Å². The molecule has 1 fully saturated rings. The minimum absolute atomic E-state index is 0.121. The van der Waals surface area contributed by atoms with Crippen molar-refractivity contribution in [3.8, 4) is 0 Å². The van der Waals surface area contributed by atoms with Crippen LogP contribution < -0.4 is 27.0 Å². The van der Waals surface area contributed by atoms with Gasteiger partial charge in [-0.2, -0.15) is 0 Å². The number of hydrogen-bond acceptors (Lipinski definition) is 5. The summed E-state index contributed by atoms with van der Waals surface area (Å²) >= 11 is 0. The van der Waals surface area contributed by atoms with Gasteiger partial charge in [-0.15, -0.1) is 0 Å². The van der Waals surface area contributed by atoms with Crippen molar-refractivity contribution in [3.63, 3.8) is 0 Å². The molecule has 8 heteroatoms. The summed E-state index contributed by atoms with van der Waals surface area (Å²) in [4.78, 5) is 40.8. The number of rotatable bonds is 13. The zero-order chi connectivity index (χ0) is 30.7. The molecule has 0 aromatic heterocycles. The van der Waals surface area contributed by atoms with Crippen molar-refractivity contribution < 1.29 is 14.4 Å². The van der Waals surface area contributed by atoms with Crippen molar-refractivity contribution in [1.82, 2.24) is 21.3 Å². The van der Waals surface area contributed by atoms with Crippen molar-refractivity contribution in [2.45, 2.75) is 50.6 Å². The highest BCUT2D eigenvalue weighted by Crippen LogP contribution is 2.19. The molecule has 4 aromatic carbocycles. The van der Waals surface area contributed by atoms with E-state index in [2.05, 4.69) is 33.4 Å². The normalized spacial score (nSPS) is 15.0. The lowest BCUT2D eigenvalue weighted by molar-refractivity contribution is -0.133. The first-order valence-electron chi connectivity index (χ1n) is 15.7. The van der Waals surface area contributed by atoms with Crippen molar-refractivity contribution in [2.24, 2.45) is 11.7 Å². The Morgan fingerprint density at radius 2 is 1.25 bits per heavy atom. The third kappa shape index (κ3) is 8.42. The van der Waals surface area contributed by atoms with Crippen molar-refractivity contribution in [1.29, 1.82) is 0 Å². The summed E-state index contributed by atoms with van der Waals surface area (Å²) in [6.07, 6.45) is 3.66. The maximum atomic E-state index is 14.0. The Kier molecular flexibility index (Phi) is 10.9. The number of carbonyl (C=O) groups excluding carboxylic acids is 3. The van der Waals surface area contributed by atoms with Gasteiger partial charge >= 0.3 is 0 Å². The van der Waals surface area contributed by atoms with E-state index in [4.69, 9.17) is 5.73 Å². The number of hydrogen-bond donors (Lipinski definition) is 5. The number of unbranched alkanes of at least 4 members (excludes halogenated alkanes) is 1. The quantitative estimate of drug-likeness (QED) is 0.152. The van der Waals surface area contributed by atoms with E-state index < -0.39 is 12.1 Å². The van der Waals surface area contributed by atoms with Gasteiger partial charge in [0, 0.05) is 25.3 Å². The summed E-state index contributed by atoms with van der Waals surface area (Å²) in [5, 5.41) is 16.7. The highest BCUT2D eigenvalue weighted by Gasteiger charge is 2.30. The van der Waals surface area contributed by atoms with Gasteiger partial charge < -0.3 is 27.0 Å². The molecule has 6 N–H and O–H groups in total. The monoisotopic (exact) mass is 593 g/mol. The Balaban J connectivity index is 1.37. The van der Waals surface area contributed by atoms with Gasteiger partial charge in [-0.3, -0.25) is 14.4 Å². The van der Waals surface area contributed by atoms with E-state index in [1.807, 2.05) is 72.8 Å². The SMILES string of the molecule is NCCCCNC(=O)[C@@H](Cc1ccc2ccccc2c1)NC(=O)[C@@H](Cc1ccc2ccccc2c1)NC(=O)C1CCNCC1. The van der Waals surface area contributed by atoms with Crippen molar-refractivity contribution in [2.75, 3.05) is 26.2 Å². The molecule has 0 spiro atoms. The number of piperidine rings is 1. The highest BCUT2D eigenvalue weighted by atomic mass is 16.2. The molecule has 1 aliphatic heterocycles. The lowest BCUT2D eigenvalue weighted by Gasteiger charge is -2.27. The Morgan fingerprint density at radius 1 is 0.705 bits per heavy atom. The zero-order valence-corrected chi connectivity index (χ0v) is 25.2. The number of benzene rings is 4. The van der Waals surface area contributed by atoms with Gasteiger partial charge in [-0.1, -0.05) is 84.9 Å². The molecule has 8 nitrogen and oxygen atoms in total. The first-order valence-corrected chi connectivity index (χ1v) is 15.7. The lowest BCUT2D eigenvalue weighted by Crippen LogP contribution is -2.56. The summed E-state index contributed by atoms with van der Waals surface area (Å²) < 4.78 is 0. The number of nitrogens with two attached hydrogens (primary N) is 1. The van der Waals surface area contributed by atoms with Crippen LogP contribution in [0, 0.1) is 5.92 Å². The number of fused-ring (bicyclic) bond motifs is 2. The lowest BCUT2D eigenvalue weighted by atomic mass is 9.95. The minimum atomic E-state index is -0.831. The van der Waals surface area contributed by atoms with Crippen LogP contribution in [0.4, 0.5) is 0 Å². The first kappa shape index (κ1) is 31.2. The number of carbonyl (C=O) groups is 3. The fourth-order valence-electron chi connectivity index (χ4n) is 5.87. The third-order valence-corrected chi connectivity index (χ3v) is 8.41. The van der Waals surface area contributed by atoms with Gasteiger partial charge in [0.2, 0.25) is 17.7 Å². The summed E-state index contributed by atoms with van der Waals surface area (Å²) in [5.74, 6) is -0.895. The Labute approximate surface area is 259 Å².